The Hall–Kier alpha value is -2.07. The van der Waals surface area contributed by atoms with E-state index in [-0.39, 0.29) is 11.9 Å². The van der Waals surface area contributed by atoms with Gasteiger partial charge in [0, 0.05) is 16.8 Å². The van der Waals surface area contributed by atoms with Crippen LogP contribution in [0.4, 0.5) is 11.4 Å². The molecular weight excluding hydrogens is 286 g/mol. The van der Waals surface area contributed by atoms with Crippen LogP contribution in [0.2, 0.25) is 5.02 Å². The van der Waals surface area contributed by atoms with Crippen LogP contribution in [0, 0.1) is 6.92 Å². The molecule has 110 valence electrons. The van der Waals surface area contributed by atoms with Crippen LogP contribution in [0.15, 0.2) is 36.5 Å². The Morgan fingerprint density at radius 2 is 2.00 bits per heavy atom. The first kappa shape index (κ1) is 15.3. The number of carbonyl (C=O) groups excluding carboxylic acids is 1. The molecule has 5 heteroatoms. The molecule has 0 saturated heterocycles. The summed E-state index contributed by atoms with van der Waals surface area (Å²) in [5.41, 5.74) is 3.23. The smallest absolute Gasteiger partial charge is 0.270 e. The van der Waals surface area contributed by atoms with Gasteiger partial charge in [0.1, 0.15) is 5.69 Å². The van der Waals surface area contributed by atoms with Crippen molar-refractivity contribution in [1.29, 1.82) is 0 Å². The molecule has 0 aliphatic rings. The van der Waals surface area contributed by atoms with Crippen molar-refractivity contribution in [2.75, 3.05) is 5.32 Å². The summed E-state index contributed by atoms with van der Waals surface area (Å²) in [5, 5.41) is 6.77. The molecule has 0 atom stereocenters. The highest BCUT2D eigenvalue weighted by molar-refractivity contribution is 6.30. The summed E-state index contributed by atoms with van der Waals surface area (Å²) in [5.74, 6) is -0.167. The van der Waals surface area contributed by atoms with Crippen LogP contribution < -0.4 is 10.6 Å². The molecule has 0 bridgehead atoms. The van der Waals surface area contributed by atoms with Gasteiger partial charge in [-0.05, 0) is 56.7 Å². The van der Waals surface area contributed by atoms with Gasteiger partial charge in [-0.1, -0.05) is 11.6 Å². The maximum Gasteiger partial charge on any atom is 0.270 e. The number of aryl methyl sites for hydroxylation is 1. The molecule has 2 N–H and O–H groups in total. The van der Waals surface area contributed by atoms with Gasteiger partial charge in [0.05, 0.1) is 11.9 Å². The zero-order valence-corrected chi connectivity index (χ0v) is 13.0. The second kappa shape index (κ2) is 6.59. The van der Waals surface area contributed by atoms with Crippen molar-refractivity contribution in [3.8, 4) is 0 Å². The quantitative estimate of drug-likeness (QED) is 0.900. The highest BCUT2D eigenvalue weighted by Gasteiger charge is 2.08. The average Bonchev–Trinajstić information content (AvgIpc) is 2.42. The Labute approximate surface area is 129 Å². The normalized spacial score (nSPS) is 10.5. The lowest BCUT2D eigenvalue weighted by molar-refractivity contribution is 0.0938. The van der Waals surface area contributed by atoms with Gasteiger partial charge in [-0.25, -0.2) is 4.98 Å². The number of benzene rings is 1. The minimum absolute atomic E-state index is 0.0915. The number of nitrogens with one attached hydrogen (secondary N) is 2. The molecule has 0 aliphatic carbocycles. The lowest BCUT2D eigenvalue weighted by Crippen LogP contribution is -2.30. The number of hydrogen-bond donors (Lipinski definition) is 2. The van der Waals surface area contributed by atoms with Crippen LogP contribution in [0.1, 0.15) is 29.9 Å². The van der Waals surface area contributed by atoms with E-state index in [1.807, 2.05) is 45.0 Å². The fourth-order valence-corrected chi connectivity index (χ4v) is 2.09. The third-order valence-electron chi connectivity index (χ3n) is 2.88. The highest BCUT2D eigenvalue weighted by Crippen LogP contribution is 2.23. The molecule has 0 spiro atoms. The van der Waals surface area contributed by atoms with Crippen LogP contribution in [-0.4, -0.2) is 16.9 Å². The van der Waals surface area contributed by atoms with E-state index < -0.39 is 0 Å². The van der Waals surface area contributed by atoms with E-state index in [0.717, 1.165) is 16.9 Å². The number of nitrogens with zero attached hydrogens (tertiary/aromatic N) is 1. The average molecular weight is 304 g/mol. The SMILES string of the molecule is Cc1cc(Cl)ccc1Nc1ccc(C(=O)NC(C)C)nc1. The van der Waals surface area contributed by atoms with Gasteiger partial charge in [-0.15, -0.1) is 0 Å². The fraction of sp³-hybridized carbons (Fsp3) is 0.250. The Bertz CT molecular complexity index is 638. The molecule has 4 nitrogen and oxygen atoms in total. The van der Waals surface area contributed by atoms with Crippen molar-refractivity contribution in [2.45, 2.75) is 26.8 Å². The molecule has 0 fully saturated rings. The zero-order valence-electron chi connectivity index (χ0n) is 12.3. The van der Waals surface area contributed by atoms with Crippen molar-refractivity contribution < 1.29 is 4.79 Å². The summed E-state index contributed by atoms with van der Waals surface area (Å²) in [6.07, 6.45) is 1.64. The van der Waals surface area contributed by atoms with E-state index in [0.29, 0.717) is 10.7 Å². The van der Waals surface area contributed by atoms with Crippen molar-refractivity contribution in [3.05, 3.63) is 52.8 Å². The zero-order chi connectivity index (χ0) is 15.4. The largest absolute Gasteiger partial charge is 0.354 e. The molecule has 1 amide bonds. The predicted molar refractivity (Wildman–Crippen MR) is 86.3 cm³/mol. The van der Waals surface area contributed by atoms with Gasteiger partial charge >= 0.3 is 0 Å². The van der Waals surface area contributed by atoms with E-state index in [2.05, 4.69) is 15.6 Å². The van der Waals surface area contributed by atoms with Crippen LogP contribution in [-0.2, 0) is 0 Å². The summed E-state index contributed by atoms with van der Waals surface area (Å²) in [4.78, 5) is 16.0. The predicted octanol–water partition coefficient (Wildman–Crippen LogP) is 3.93. The van der Waals surface area contributed by atoms with Gasteiger partial charge in [0.2, 0.25) is 0 Å². The molecule has 21 heavy (non-hydrogen) atoms. The summed E-state index contributed by atoms with van der Waals surface area (Å²) in [7, 11) is 0. The Balaban J connectivity index is 2.10. The van der Waals surface area contributed by atoms with Gasteiger partial charge in [-0.2, -0.15) is 0 Å². The molecule has 1 heterocycles. The lowest BCUT2D eigenvalue weighted by Gasteiger charge is -2.11. The minimum atomic E-state index is -0.167. The van der Waals surface area contributed by atoms with Crippen molar-refractivity contribution >= 4 is 28.9 Å². The van der Waals surface area contributed by atoms with E-state index in [1.54, 1.807) is 12.3 Å². The molecule has 2 aromatic rings. The number of halogens is 1. The topological polar surface area (TPSA) is 54.0 Å². The standard InChI is InChI=1S/C16H18ClN3O/c1-10(2)19-16(21)15-7-5-13(9-18-15)20-14-6-4-12(17)8-11(14)3/h4-10,20H,1-3H3,(H,19,21). The number of pyridine rings is 1. The van der Waals surface area contributed by atoms with Crippen LogP contribution in [0.3, 0.4) is 0 Å². The van der Waals surface area contributed by atoms with Gasteiger partial charge in [-0.3, -0.25) is 4.79 Å². The van der Waals surface area contributed by atoms with Crippen molar-refractivity contribution in [1.82, 2.24) is 10.3 Å². The molecule has 0 aliphatic heterocycles. The second-order valence-electron chi connectivity index (χ2n) is 5.14. The summed E-state index contributed by atoms with van der Waals surface area (Å²) in [6, 6.07) is 9.25. The highest BCUT2D eigenvalue weighted by atomic mass is 35.5. The number of aromatic nitrogens is 1. The molecule has 0 radical (unpaired) electrons. The Morgan fingerprint density at radius 3 is 2.57 bits per heavy atom. The van der Waals surface area contributed by atoms with E-state index in [1.165, 1.54) is 0 Å². The number of amides is 1. The second-order valence-corrected chi connectivity index (χ2v) is 5.58. The first-order valence-corrected chi connectivity index (χ1v) is 7.13. The monoisotopic (exact) mass is 303 g/mol. The molecule has 0 saturated carbocycles. The van der Waals surface area contributed by atoms with Crippen LogP contribution in [0.25, 0.3) is 0 Å². The number of carbonyl (C=O) groups is 1. The molecular formula is C16H18ClN3O. The molecule has 1 aromatic carbocycles. The van der Waals surface area contributed by atoms with E-state index >= 15 is 0 Å². The third kappa shape index (κ3) is 4.20. The van der Waals surface area contributed by atoms with Gasteiger partial charge in [0.15, 0.2) is 0 Å². The summed E-state index contributed by atoms with van der Waals surface area (Å²) < 4.78 is 0. The lowest BCUT2D eigenvalue weighted by atomic mass is 10.2. The van der Waals surface area contributed by atoms with E-state index in [9.17, 15) is 4.79 Å². The van der Waals surface area contributed by atoms with Gasteiger partial charge < -0.3 is 10.6 Å². The number of rotatable bonds is 4. The van der Waals surface area contributed by atoms with Gasteiger partial charge in [0.25, 0.3) is 5.91 Å². The first-order chi connectivity index (χ1) is 9.95. The maximum atomic E-state index is 11.8. The number of hydrogen-bond acceptors (Lipinski definition) is 3. The van der Waals surface area contributed by atoms with Crippen LogP contribution >= 0.6 is 11.6 Å². The Kier molecular flexibility index (Phi) is 4.81. The third-order valence-corrected chi connectivity index (χ3v) is 3.12. The van der Waals surface area contributed by atoms with Crippen LogP contribution in [0.5, 0.6) is 0 Å². The van der Waals surface area contributed by atoms with E-state index in [4.69, 9.17) is 11.6 Å². The van der Waals surface area contributed by atoms with Crippen molar-refractivity contribution in [3.63, 3.8) is 0 Å². The molecule has 0 unspecified atom stereocenters. The maximum absolute atomic E-state index is 11.8. The summed E-state index contributed by atoms with van der Waals surface area (Å²) in [6.45, 7) is 5.81. The minimum Gasteiger partial charge on any atom is -0.354 e. The molecule has 1 aromatic heterocycles. The first-order valence-electron chi connectivity index (χ1n) is 6.76. The molecule has 2 rings (SSSR count). The summed E-state index contributed by atoms with van der Waals surface area (Å²) >= 11 is 5.93. The number of anilines is 2. The Morgan fingerprint density at radius 1 is 1.24 bits per heavy atom. The fourth-order valence-electron chi connectivity index (χ4n) is 1.86. The van der Waals surface area contributed by atoms with Crippen molar-refractivity contribution in [2.24, 2.45) is 0 Å².